The van der Waals surface area contributed by atoms with Gasteiger partial charge in [-0.15, -0.1) is 0 Å². The fourth-order valence-corrected chi connectivity index (χ4v) is 5.19. The Morgan fingerprint density at radius 1 is 1.19 bits per heavy atom. The number of hydrogen-bond acceptors (Lipinski definition) is 3. The van der Waals surface area contributed by atoms with Gasteiger partial charge < -0.3 is 9.84 Å². The number of halogens is 2. The second kappa shape index (κ2) is 9.96. The van der Waals surface area contributed by atoms with E-state index in [9.17, 15) is 14.3 Å². The van der Waals surface area contributed by atoms with Crippen molar-refractivity contribution in [1.29, 1.82) is 0 Å². The number of allylic oxidation sites excluding steroid dienone is 1. The summed E-state index contributed by atoms with van der Waals surface area (Å²) in [5.41, 5.74) is 4.69. The summed E-state index contributed by atoms with van der Waals surface area (Å²) >= 11 is 3.78. The van der Waals surface area contributed by atoms with Gasteiger partial charge in [-0.1, -0.05) is 34.1 Å². The molecule has 0 aromatic heterocycles. The molecule has 1 fully saturated rings. The third kappa shape index (κ3) is 5.18. The topological polar surface area (TPSA) is 49.8 Å². The van der Waals surface area contributed by atoms with E-state index >= 15 is 0 Å². The third-order valence-corrected chi connectivity index (χ3v) is 6.81. The van der Waals surface area contributed by atoms with Crippen LogP contribution >= 0.6 is 15.9 Å². The number of carbonyl (C=O) groups is 1. The molecule has 4 nitrogen and oxygen atoms in total. The van der Waals surface area contributed by atoms with Crippen molar-refractivity contribution >= 4 is 27.5 Å². The number of fused-ring (bicyclic) bond motifs is 1. The molecule has 0 amide bonds. The van der Waals surface area contributed by atoms with Crippen LogP contribution in [0.25, 0.3) is 5.57 Å². The van der Waals surface area contributed by atoms with Crippen LogP contribution in [0.15, 0.2) is 46.9 Å². The summed E-state index contributed by atoms with van der Waals surface area (Å²) in [6.45, 7) is 2.32. The van der Waals surface area contributed by atoms with Gasteiger partial charge >= 0.3 is 5.97 Å². The summed E-state index contributed by atoms with van der Waals surface area (Å²) < 4.78 is 19.7. The number of benzene rings is 2. The van der Waals surface area contributed by atoms with Gasteiger partial charge in [0.25, 0.3) is 0 Å². The number of alkyl halides is 1. The number of ether oxygens (including phenoxy) is 1. The maximum Gasteiger partial charge on any atom is 0.335 e. The molecule has 31 heavy (non-hydrogen) atoms. The Bertz CT molecular complexity index is 973. The van der Waals surface area contributed by atoms with Crippen molar-refractivity contribution in [2.75, 3.05) is 26.3 Å². The zero-order valence-electron chi connectivity index (χ0n) is 17.4. The normalized spacial score (nSPS) is 19.2. The first-order valence-corrected chi connectivity index (χ1v) is 11.6. The molecule has 1 aliphatic heterocycles. The van der Waals surface area contributed by atoms with Crippen molar-refractivity contribution in [2.45, 2.75) is 38.2 Å². The summed E-state index contributed by atoms with van der Waals surface area (Å²) in [4.78, 5) is 13.6. The van der Waals surface area contributed by atoms with Crippen LogP contribution in [0.1, 0.15) is 52.7 Å². The molecule has 2 aliphatic rings. The Hall–Kier alpha value is -2.18. The van der Waals surface area contributed by atoms with Crippen LogP contribution in [0, 0.1) is 0 Å². The van der Waals surface area contributed by atoms with E-state index in [0.717, 1.165) is 77.8 Å². The molecule has 1 N–H and O–H groups in total. The van der Waals surface area contributed by atoms with Gasteiger partial charge in [-0.25, -0.2) is 4.79 Å². The van der Waals surface area contributed by atoms with Crippen molar-refractivity contribution in [1.82, 2.24) is 4.90 Å². The van der Waals surface area contributed by atoms with E-state index in [1.807, 2.05) is 18.2 Å². The third-order valence-electron chi connectivity index (χ3n) is 6.02. The minimum absolute atomic E-state index is 0.143. The van der Waals surface area contributed by atoms with Crippen LogP contribution in [0.4, 0.5) is 4.39 Å². The van der Waals surface area contributed by atoms with E-state index in [1.165, 1.54) is 0 Å². The average molecular weight is 488 g/mol. The van der Waals surface area contributed by atoms with Gasteiger partial charge in [-0.3, -0.25) is 9.29 Å². The van der Waals surface area contributed by atoms with Crippen LogP contribution in [-0.4, -0.2) is 48.4 Å². The molecule has 6 heteroatoms. The Balaban J connectivity index is 1.52. The highest BCUT2D eigenvalue weighted by molar-refractivity contribution is 9.11. The Labute approximate surface area is 190 Å². The minimum Gasteiger partial charge on any atom is -0.489 e. The van der Waals surface area contributed by atoms with E-state index in [2.05, 4.69) is 33.0 Å². The standard InChI is InChI=1S/C25H27BrFNO3/c26-23-4-1-3-18-15-19(25(29)30)7-10-22(18)24(23)17-5-8-20(9-6-17)31-21-11-14-28(16-21)13-2-12-27/h5-10,15,21H,1-4,11-14,16H2,(H,29,30)/t21-/m0/s1. The van der Waals surface area contributed by atoms with E-state index < -0.39 is 5.97 Å². The van der Waals surface area contributed by atoms with E-state index in [0.29, 0.717) is 12.0 Å². The predicted molar refractivity (Wildman–Crippen MR) is 124 cm³/mol. The van der Waals surface area contributed by atoms with Crippen molar-refractivity contribution in [2.24, 2.45) is 0 Å². The van der Waals surface area contributed by atoms with Crippen LogP contribution in [0.3, 0.4) is 0 Å². The lowest BCUT2D eigenvalue weighted by molar-refractivity contribution is 0.0696. The van der Waals surface area contributed by atoms with Crippen molar-refractivity contribution in [3.05, 3.63) is 69.2 Å². The van der Waals surface area contributed by atoms with E-state index in [-0.39, 0.29) is 12.8 Å². The highest BCUT2D eigenvalue weighted by atomic mass is 79.9. The fourth-order valence-electron chi connectivity index (χ4n) is 4.47. The SMILES string of the molecule is O=C(O)c1ccc2c(c1)CCCC(Br)=C2c1ccc(O[C@H]2CCN(CCCF)C2)cc1. The van der Waals surface area contributed by atoms with Gasteiger partial charge in [0.05, 0.1) is 12.2 Å². The lowest BCUT2D eigenvalue weighted by Crippen LogP contribution is -2.26. The van der Waals surface area contributed by atoms with Gasteiger partial charge in [-0.05, 0) is 78.6 Å². The highest BCUT2D eigenvalue weighted by Gasteiger charge is 2.24. The largest absolute Gasteiger partial charge is 0.489 e. The quantitative estimate of drug-likeness (QED) is 0.544. The van der Waals surface area contributed by atoms with E-state index in [1.54, 1.807) is 12.1 Å². The summed E-state index contributed by atoms with van der Waals surface area (Å²) in [5.74, 6) is -0.0544. The minimum atomic E-state index is -0.895. The Kier molecular flexibility index (Phi) is 7.08. The van der Waals surface area contributed by atoms with Crippen LogP contribution in [-0.2, 0) is 6.42 Å². The van der Waals surface area contributed by atoms with E-state index in [4.69, 9.17) is 4.74 Å². The Morgan fingerprint density at radius 2 is 2.00 bits per heavy atom. The predicted octanol–water partition coefficient (Wildman–Crippen LogP) is 5.69. The van der Waals surface area contributed by atoms with Crippen molar-refractivity contribution in [3.63, 3.8) is 0 Å². The number of carboxylic acid groups (broad SMARTS) is 1. The lowest BCUT2D eigenvalue weighted by atomic mass is 9.92. The van der Waals surface area contributed by atoms with Crippen LogP contribution < -0.4 is 4.74 Å². The molecule has 4 rings (SSSR count). The smallest absolute Gasteiger partial charge is 0.335 e. The lowest BCUT2D eigenvalue weighted by Gasteiger charge is -2.17. The number of likely N-dealkylation sites (tertiary alicyclic amines) is 1. The first kappa shape index (κ1) is 22.0. The maximum atomic E-state index is 12.4. The Morgan fingerprint density at radius 3 is 2.74 bits per heavy atom. The second-order valence-electron chi connectivity index (χ2n) is 8.21. The number of aromatic carboxylic acids is 1. The second-order valence-corrected chi connectivity index (χ2v) is 9.16. The summed E-state index contributed by atoms with van der Waals surface area (Å²) in [6.07, 6.45) is 4.44. The summed E-state index contributed by atoms with van der Waals surface area (Å²) in [5, 5.41) is 9.34. The number of carboxylic acids is 1. The molecule has 0 radical (unpaired) electrons. The molecule has 2 aromatic rings. The molecular formula is C25H27BrFNO3. The van der Waals surface area contributed by atoms with Gasteiger partial charge in [0.15, 0.2) is 0 Å². The van der Waals surface area contributed by atoms with Gasteiger partial charge in [0.1, 0.15) is 11.9 Å². The molecule has 0 saturated carbocycles. The van der Waals surface area contributed by atoms with Crippen LogP contribution in [0.2, 0.25) is 0 Å². The van der Waals surface area contributed by atoms with Gasteiger partial charge in [-0.2, -0.15) is 0 Å². The number of aryl methyl sites for hydroxylation is 1. The zero-order valence-corrected chi connectivity index (χ0v) is 19.0. The van der Waals surface area contributed by atoms with Gasteiger partial charge in [0.2, 0.25) is 0 Å². The molecule has 164 valence electrons. The maximum absolute atomic E-state index is 12.4. The average Bonchev–Trinajstić information content (AvgIpc) is 3.14. The zero-order chi connectivity index (χ0) is 21.8. The summed E-state index contributed by atoms with van der Waals surface area (Å²) in [7, 11) is 0. The molecule has 0 unspecified atom stereocenters. The fraction of sp³-hybridized carbons (Fsp3) is 0.400. The molecular weight excluding hydrogens is 461 g/mol. The molecule has 1 atom stereocenters. The van der Waals surface area contributed by atoms with Crippen molar-refractivity contribution in [3.8, 4) is 5.75 Å². The first-order chi connectivity index (χ1) is 15.0. The summed E-state index contributed by atoms with van der Waals surface area (Å²) in [6, 6.07) is 13.6. The van der Waals surface area contributed by atoms with Gasteiger partial charge in [0, 0.05) is 24.1 Å². The molecule has 0 spiro atoms. The molecule has 2 aromatic carbocycles. The molecule has 0 bridgehead atoms. The monoisotopic (exact) mass is 487 g/mol. The van der Waals surface area contributed by atoms with Crippen molar-refractivity contribution < 1.29 is 19.0 Å². The number of nitrogens with zero attached hydrogens (tertiary/aromatic N) is 1. The highest BCUT2D eigenvalue weighted by Crippen LogP contribution is 2.38. The number of hydrogen-bond donors (Lipinski definition) is 1. The van der Waals surface area contributed by atoms with Crippen LogP contribution in [0.5, 0.6) is 5.75 Å². The first-order valence-electron chi connectivity index (χ1n) is 10.9. The molecule has 1 heterocycles. The molecule has 1 saturated heterocycles. The molecule has 1 aliphatic carbocycles. The number of rotatable bonds is 7.